The zero-order chi connectivity index (χ0) is 22.0. The Hall–Kier alpha value is -4.07. The lowest BCUT2D eigenvalue weighted by Gasteiger charge is -2.08. The van der Waals surface area contributed by atoms with E-state index in [9.17, 15) is 18.4 Å². The van der Waals surface area contributed by atoms with Gasteiger partial charge < -0.3 is 10.1 Å². The molecule has 1 amide bonds. The van der Waals surface area contributed by atoms with Crippen LogP contribution in [-0.4, -0.2) is 28.0 Å². The quantitative estimate of drug-likeness (QED) is 0.485. The van der Waals surface area contributed by atoms with Crippen LogP contribution in [0.1, 0.15) is 16.2 Å². The van der Waals surface area contributed by atoms with Crippen molar-refractivity contribution in [3.05, 3.63) is 89.8 Å². The molecule has 0 unspecified atom stereocenters. The van der Waals surface area contributed by atoms with Crippen molar-refractivity contribution in [2.24, 2.45) is 0 Å². The van der Waals surface area contributed by atoms with Crippen LogP contribution in [0.25, 0.3) is 16.7 Å². The second-order valence-electron chi connectivity index (χ2n) is 6.78. The molecule has 1 N–H and O–H groups in total. The van der Waals surface area contributed by atoms with E-state index in [1.54, 1.807) is 18.2 Å². The predicted molar refractivity (Wildman–Crippen MR) is 111 cm³/mol. The number of amides is 1. The number of carbonyl (C=O) groups excluding carboxylic acids is 2. The monoisotopic (exact) mass is 421 g/mol. The minimum atomic E-state index is -0.795. The number of para-hydroxylation sites is 1. The van der Waals surface area contributed by atoms with Gasteiger partial charge in [-0.15, -0.1) is 0 Å². The first-order valence-electron chi connectivity index (χ1n) is 9.39. The molecule has 6 nitrogen and oxygen atoms in total. The molecule has 0 radical (unpaired) electrons. The Labute approximate surface area is 176 Å². The maximum Gasteiger partial charge on any atom is 0.338 e. The van der Waals surface area contributed by atoms with E-state index in [-0.39, 0.29) is 11.3 Å². The molecule has 8 heteroatoms. The lowest BCUT2D eigenvalue weighted by molar-refractivity contribution is -0.119. The molecule has 1 heterocycles. The Balaban J connectivity index is 1.47. The molecule has 156 valence electrons. The van der Waals surface area contributed by atoms with E-state index in [0.717, 1.165) is 35.2 Å². The fraction of sp³-hybridized carbons (Fsp3) is 0.0870. The standard InChI is InChI=1S/C23H17F2N3O3/c1-14-26-20-11-15(7-10-21(20)28(14)17-5-3-2-4-6-17)23(30)31-13-22(29)27-19-12-16(24)8-9-18(19)25/h2-12H,13H2,1H3,(H,27,29). The highest BCUT2D eigenvalue weighted by Gasteiger charge is 2.15. The number of nitrogens with one attached hydrogen (secondary N) is 1. The molecule has 0 fully saturated rings. The maximum atomic E-state index is 13.6. The summed E-state index contributed by atoms with van der Waals surface area (Å²) >= 11 is 0. The van der Waals surface area contributed by atoms with Crippen LogP contribution in [0.4, 0.5) is 14.5 Å². The summed E-state index contributed by atoms with van der Waals surface area (Å²) in [5, 5.41) is 2.17. The van der Waals surface area contributed by atoms with Crippen LogP contribution in [0.3, 0.4) is 0 Å². The van der Waals surface area contributed by atoms with Crippen molar-refractivity contribution in [2.45, 2.75) is 6.92 Å². The average molecular weight is 421 g/mol. The summed E-state index contributed by atoms with van der Waals surface area (Å²) in [5.41, 5.74) is 2.25. The minimum absolute atomic E-state index is 0.218. The van der Waals surface area contributed by atoms with Crippen LogP contribution in [0.5, 0.6) is 0 Å². The highest BCUT2D eigenvalue weighted by atomic mass is 19.1. The van der Waals surface area contributed by atoms with Gasteiger partial charge in [0.1, 0.15) is 17.5 Å². The minimum Gasteiger partial charge on any atom is -0.452 e. The Bertz CT molecular complexity index is 1290. The van der Waals surface area contributed by atoms with Crippen molar-refractivity contribution in [3.63, 3.8) is 0 Å². The van der Waals surface area contributed by atoms with E-state index in [1.165, 1.54) is 0 Å². The third-order valence-electron chi connectivity index (χ3n) is 4.61. The van der Waals surface area contributed by atoms with E-state index in [4.69, 9.17) is 4.74 Å². The van der Waals surface area contributed by atoms with E-state index in [1.807, 2.05) is 41.8 Å². The van der Waals surface area contributed by atoms with Gasteiger partial charge in [0.25, 0.3) is 5.91 Å². The van der Waals surface area contributed by atoms with Gasteiger partial charge >= 0.3 is 5.97 Å². The van der Waals surface area contributed by atoms with Gasteiger partial charge in [-0.05, 0) is 49.4 Å². The van der Waals surface area contributed by atoms with Crippen LogP contribution < -0.4 is 5.32 Å². The third kappa shape index (κ3) is 4.28. The number of carbonyl (C=O) groups is 2. The van der Waals surface area contributed by atoms with Gasteiger partial charge in [0, 0.05) is 11.8 Å². The normalized spacial score (nSPS) is 10.8. The summed E-state index contributed by atoms with van der Waals surface area (Å²) in [6.07, 6.45) is 0. The molecule has 0 aliphatic carbocycles. The summed E-state index contributed by atoms with van der Waals surface area (Å²) in [7, 11) is 0. The van der Waals surface area contributed by atoms with Gasteiger partial charge in [-0.3, -0.25) is 9.36 Å². The smallest absolute Gasteiger partial charge is 0.338 e. The SMILES string of the molecule is Cc1nc2cc(C(=O)OCC(=O)Nc3cc(F)ccc3F)ccc2n1-c1ccccc1. The largest absolute Gasteiger partial charge is 0.452 e. The first-order valence-corrected chi connectivity index (χ1v) is 9.39. The van der Waals surface area contributed by atoms with E-state index in [0.29, 0.717) is 5.52 Å². The zero-order valence-corrected chi connectivity index (χ0v) is 16.4. The summed E-state index contributed by atoms with van der Waals surface area (Å²) < 4.78 is 33.8. The van der Waals surface area contributed by atoms with Gasteiger partial charge in [0.2, 0.25) is 0 Å². The summed E-state index contributed by atoms with van der Waals surface area (Å²) in [5.74, 6) is -2.27. The van der Waals surface area contributed by atoms with Gasteiger partial charge in [-0.25, -0.2) is 18.6 Å². The second-order valence-corrected chi connectivity index (χ2v) is 6.78. The number of benzene rings is 3. The third-order valence-corrected chi connectivity index (χ3v) is 4.61. The van der Waals surface area contributed by atoms with Crippen molar-refractivity contribution in [3.8, 4) is 5.69 Å². The summed E-state index contributed by atoms with van der Waals surface area (Å²) in [4.78, 5) is 28.8. The molecule has 0 saturated heterocycles. The first kappa shape index (κ1) is 20.2. The predicted octanol–water partition coefficient (Wildman–Crippen LogP) is 4.41. The van der Waals surface area contributed by atoms with Crippen LogP contribution in [-0.2, 0) is 9.53 Å². The fourth-order valence-corrected chi connectivity index (χ4v) is 3.22. The lowest BCUT2D eigenvalue weighted by atomic mass is 10.2. The molecule has 4 rings (SSSR count). The number of ether oxygens (including phenoxy) is 1. The molecule has 31 heavy (non-hydrogen) atoms. The highest BCUT2D eigenvalue weighted by molar-refractivity contribution is 5.97. The number of hydrogen-bond acceptors (Lipinski definition) is 4. The summed E-state index contributed by atoms with van der Waals surface area (Å²) in [6.45, 7) is 1.21. The number of halogens is 2. The number of esters is 1. The van der Waals surface area contributed by atoms with Crippen LogP contribution in [0.2, 0.25) is 0 Å². The average Bonchev–Trinajstić information content (AvgIpc) is 3.10. The molecule has 0 saturated carbocycles. The number of rotatable bonds is 5. The van der Waals surface area contributed by atoms with E-state index < -0.39 is 30.1 Å². The molecular weight excluding hydrogens is 404 g/mol. The molecule has 4 aromatic rings. The first-order chi connectivity index (χ1) is 14.9. The summed E-state index contributed by atoms with van der Waals surface area (Å²) in [6, 6.07) is 17.3. The van der Waals surface area contributed by atoms with Crippen molar-refractivity contribution in [2.75, 3.05) is 11.9 Å². The Kier molecular flexibility index (Phi) is 5.44. The number of aryl methyl sites for hydroxylation is 1. The van der Waals surface area contributed by atoms with E-state index >= 15 is 0 Å². The van der Waals surface area contributed by atoms with Crippen molar-refractivity contribution >= 4 is 28.6 Å². The molecule has 3 aromatic carbocycles. The van der Waals surface area contributed by atoms with Crippen molar-refractivity contribution in [1.29, 1.82) is 0 Å². The molecular formula is C23H17F2N3O3. The topological polar surface area (TPSA) is 73.2 Å². The highest BCUT2D eigenvalue weighted by Crippen LogP contribution is 2.22. The van der Waals surface area contributed by atoms with Crippen LogP contribution in [0, 0.1) is 18.6 Å². The maximum absolute atomic E-state index is 13.6. The molecule has 1 aromatic heterocycles. The number of anilines is 1. The lowest BCUT2D eigenvalue weighted by Crippen LogP contribution is -2.21. The van der Waals surface area contributed by atoms with E-state index in [2.05, 4.69) is 10.3 Å². The zero-order valence-electron chi connectivity index (χ0n) is 16.4. The Morgan fingerprint density at radius 2 is 1.81 bits per heavy atom. The van der Waals surface area contributed by atoms with Crippen LogP contribution >= 0.6 is 0 Å². The number of fused-ring (bicyclic) bond motifs is 1. The second kappa shape index (κ2) is 8.35. The van der Waals surface area contributed by atoms with Crippen molar-refractivity contribution < 1.29 is 23.1 Å². The number of nitrogens with zero attached hydrogens (tertiary/aromatic N) is 2. The molecule has 0 spiro atoms. The fourth-order valence-electron chi connectivity index (χ4n) is 3.22. The van der Waals surface area contributed by atoms with Gasteiger partial charge in [-0.1, -0.05) is 18.2 Å². The van der Waals surface area contributed by atoms with Crippen LogP contribution in [0.15, 0.2) is 66.7 Å². The Morgan fingerprint density at radius 3 is 2.58 bits per heavy atom. The number of imidazole rings is 1. The van der Waals surface area contributed by atoms with Gasteiger partial charge in [0.05, 0.1) is 22.3 Å². The number of aromatic nitrogens is 2. The molecule has 0 aliphatic rings. The van der Waals surface area contributed by atoms with Crippen molar-refractivity contribution in [1.82, 2.24) is 9.55 Å². The molecule has 0 bridgehead atoms. The van der Waals surface area contributed by atoms with Gasteiger partial charge in [-0.2, -0.15) is 0 Å². The Morgan fingerprint density at radius 1 is 1.03 bits per heavy atom. The molecule has 0 aliphatic heterocycles. The molecule has 0 atom stereocenters. The number of hydrogen-bond donors (Lipinski definition) is 1. The van der Waals surface area contributed by atoms with Gasteiger partial charge in [0.15, 0.2) is 6.61 Å².